The maximum Gasteiger partial charge on any atom is 0.321 e. The summed E-state index contributed by atoms with van der Waals surface area (Å²) in [6.45, 7) is 4.55. The van der Waals surface area contributed by atoms with Crippen LogP contribution in [0, 0.1) is 0 Å². The van der Waals surface area contributed by atoms with Crippen molar-refractivity contribution in [2.45, 2.75) is 25.4 Å². The lowest BCUT2D eigenvalue weighted by atomic mass is 10.0. The first-order valence-electron chi connectivity index (χ1n) is 6.41. The number of benzene rings is 1. The second-order valence-corrected chi connectivity index (χ2v) is 4.89. The number of hydrogen-bond donors (Lipinski definition) is 2. The number of carboxylic acid groups (broad SMARTS) is 1. The molecule has 0 aromatic heterocycles. The highest BCUT2D eigenvalue weighted by molar-refractivity contribution is 5.74. The van der Waals surface area contributed by atoms with E-state index in [-0.39, 0.29) is 0 Å². The Hall–Kier alpha value is -1.39. The largest absolute Gasteiger partial charge is 0.480 e. The average Bonchev–Trinajstić information content (AvgIpc) is 2.37. The van der Waals surface area contributed by atoms with Crippen molar-refractivity contribution < 1.29 is 9.90 Å². The van der Waals surface area contributed by atoms with Gasteiger partial charge in [-0.15, -0.1) is 0 Å². The number of aliphatic carboxylic acids is 1. The summed E-state index contributed by atoms with van der Waals surface area (Å²) in [5, 5.41) is 12.7. The van der Waals surface area contributed by atoms with Gasteiger partial charge in [-0.1, -0.05) is 30.3 Å². The zero-order valence-electron chi connectivity index (χ0n) is 10.7. The zero-order valence-corrected chi connectivity index (χ0v) is 10.7. The number of carboxylic acids is 1. The first-order valence-corrected chi connectivity index (χ1v) is 6.41. The smallest absolute Gasteiger partial charge is 0.321 e. The van der Waals surface area contributed by atoms with Crippen molar-refractivity contribution in [1.82, 2.24) is 10.2 Å². The highest BCUT2D eigenvalue weighted by Gasteiger charge is 2.28. The summed E-state index contributed by atoms with van der Waals surface area (Å²) in [5.41, 5.74) is 1.08. The monoisotopic (exact) mass is 248 g/mol. The van der Waals surface area contributed by atoms with Gasteiger partial charge in [0.2, 0.25) is 0 Å². The summed E-state index contributed by atoms with van der Waals surface area (Å²) >= 11 is 0. The molecule has 1 aromatic carbocycles. The maximum atomic E-state index is 11.4. The Morgan fingerprint density at radius 3 is 2.83 bits per heavy atom. The number of hydrogen-bond acceptors (Lipinski definition) is 3. The van der Waals surface area contributed by atoms with Crippen LogP contribution < -0.4 is 5.32 Å². The third-order valence-electron chi connectivity index (χ3n) is 3.40. The second-order valence-electron chi connectivity index (χ2n) is 4.89. The predicted octanol–water partition coefficient (Wildman–Crippen LogP) is 0.976. The minimum Gasteiger partial charge on any atom is -0.480 e. The van der Waals surface area contributed by atoms with Crippen LogP contribution in [0.3, 0.4) is 0 Å². The van der Waals surface area contributed by atoms with Crippen molar-refractivity contribution in [3.05, 3.63) is 35.9 Å². The van der Waals surface area contributed by atoms with E-state index in [4.69, 9.17) is 0 Å². The predicted molar refractivity (Wildman–Crippen MR) is 70.6 cm³/mol. The Morgan fingerprint density at radius 2 is 2.22 bits per heavy atom. The summed E-state index contributed by atoms with van der Waals surface area (Å²) in [7, 11) is 0. The van der Waals surface area contributed by atoms with E-state index in [2.05, 4.69) is 17.1 Å². The standard InChI is InChI=1S/C14H20N2O2/c1-11-10-16(8-7-15-11)13(14(17)18)9-12-5-3-2-4-6-12/h2-6,11,13,15H,7-10H2,1H3,(H,17,18)/t11-,13-/m1/s1. The molecule has 1 fully saturated rings. The third-order valence-corrected chi connectivity index (χ3v) is 3.40. The molecule has 0 saturated carbocycles. The van der Waals surface area contributed by atoms with Crippen LogP contribution in [-0.4, -0.2) is 47.7 Å². The Kier molecular flexibility index (Phi) is 4.33. The fourth-order valence-electron chi connectivity index (χ4n) is 2.46. The van der Waals surface area contributed by atoms with Gasteiger partial charge in [0.25, 0.3) is 0 Å². The van der Waals surface area contributed by atoms with E-state index in [1.807, 2.05) is 30.3 Å². The SMILES string of the molecule is C[C@@H]1CN([C@H](Cc2ccccc2)C(=O)O)CCN1. The van der Waals surface area contributed by atoms with E-state index in [1.54, 1.807) is 0 Å². The van der Waals surface area contributed by atoms with Gasteiger partial charge in [0.05, 0.1) is 0 Å². The van der Waals surface area contributed by atoms with Gasteiger partial charge < -0.3 is 10.4 Å². The summed E-state index contributed by atoms with van der Waals surface area (Å²) in [4.78, 5) is 13.5. The number of nitrogens with zero attached hydrogens (tertiary/aromatic N) is 1. The minimum absolute atomic E-state index is 0.358. The molecule has 1 heterocycles. The summed E-state index contributed by atoms with van der Waals surface area (Å²) in [6.07, 6.45) is 0.572. The molecule has 0 bridgehead atoms. The van der Waals surface area contributed by atoms with E-state index in [1.165, 1.54) is 0 Å². The fraction of sp³-hybridized carbons (Fsp3) is 0.500. The first-order chi connectivity index (χ1) is 8.66. The van der Waals surface area contributed by atoms with E-state index in [9.17, 15) is 9.90 Å². The number of rotatable bonds is 4. The Bertz CT molecular complexity index is 394. The molecule has 1 saturated heterocycles. The Labute approximate surface area is 108 Å². The Morgan fingerprint density at radius 1 is 1.50 bits per heavy atom. The van der Waals surface area contributed by atoms with E-state index in [0.29, 0.717) is 12.5 Å². The number of carbonyl (C=O) groups is 1. The van der Waals surface area contributed by atoms with Gasteiger partial charge in [-0.25, -0.2) is 0 Å². The van der Waals surface area contributed by atoms with Gasteiger partial charge in [-0.2, -0.15) is 0 Å². The molecule has 18 heavy (non-hydrogen) atoms. The van der Waals surface area contributed by atoms with E-state index >= 15 is 0 Å². The van der Waals surface area contributed by atoms with Gasteiger partial charge in [0.15, 0.2) is 0 Å². The topological polar surface area (TPSA) is 52.6 Å². The molecule has 0 amide bonds. The lowest BCUT2D eigenvalue weighted by Crippen LogP contribution is -2.55. The van der Waals surface area contributed by atoms with Crippen molar-refractivity contribution in [3.63, 3.8) is 0 Å². The average molecular weight is 248 g/mol. The van der Waals surface area contributed by atoms with Crippen LogP contribution in [0.15, 0.2) is 30.3 Å². The molecule has 2 N–H and O–H groups in total. The van der Waals surface area contributed by atoms with Crippen LogP contribution in [0.1, 0.15) is 12.5 Å². The molecule has 98 valence electrons. The molecule has 0 aliphatic carbocycles. The van der Waals surface area contributed by atoms with Crippen LogP contribution in [-0.2, 0) is 11.2 Å². The van der Waals surface area contributed by atoms with Gasteiger partial charge in [-0.3, -0.25) is 9.69 Å². The second kappa shape index (κ2) is 5.98. The van der Waals surface area contributed by atoms with Crippen LogP contribution in [0.2, 0.25) is 0 Å². The van der Waals surface area contributed by atoms with Crippen molar-refractivity contribution in [3.8, 4) is 0 Å². The molecular formula is C14H20N2O2. The molecular weight excluding hydrogens is 228 g/mol. The quantitative estimate of drug-likeness (QED) is 0.834. The lowest BCUT2D eigenvalue weighted by molar-refractivity contribution is -0.143. The normalized spacial score (nSPS) is 22.6. The van der Waals surface area contributed by atoms with Crippen LogP contribution >= 0.6 is 0 Å². The van der Waals surface area contributed by atoms with E-state index < -0.39 is 12.0 Å². The highest BCUT2D eigenvalue weighted by atomic mass is 16.4. The lowest BCUT2D eigenvalue weighted by Gasteiger charge is -2.35. The summed E-state index contributed by atoms with van der Waals surface area (Å²) < 4.78 is 0. The maximum absolute atomic E-state index is 11.4. The van der Waals surface area contributed by atoms with Crippen LogP contribution in [0.5, 0.6) is 0 Å². The van der Waals surface area contributed by atoms with Crippen LogP contribution in [0.4, 0.5) is 0 Å². The summed E-state index contributed by atoms with van der Waals surface area (Å²) in [6, 6.07) is 9.77. The zero-order chi connectivity index (χ0) is 13.0. The molecule has 4 nitrogen and oxygen atoms in total. The van der Waals surface area contributed by atoms with Crippen molar-refractivity contribution in [2.75, 3.05) is 19.6 Å². The van der Waals surface area contributed by atoms with Crippen molar-refractivity contribution in [1.29, 1.82) is 0 Å². The summed E-state index contributed by atoms with van der Waals surface area (Å²) in [5.74, 6) is -0.729. The van der Waals surface area contributed by atoms with E-state index in [0.717, 1.165) is 25.2 Å². The number of piperazine rings is 1. The molecule has 0 radical (unpaired) electrons. The van der Waals surface area contributed by atoms with Gasteiger partial charge in [0.1, 0.15) is 6.04 Å². The van der Waals surface area contributed by atoms with Gasteiger partial charge in [-0.05, 0) is 18.9 Å². The first kappa shape index (κ1) is 13.1. The number of nitrogens with one attached hydrogen (secondary N) is 1. The van der Waals surface area contributed by atoms with Crippen LogP contribution in [0.25, 0.3) is 0 Å². The molecule has 4 heteroatoms. The molecule has 1 aliphatic heterocycles. The third kappa shape index (κ3) is 3.31. The highest BCUT2D eigenvalue weighted by Crippen LogP contribution is 2.12. The van der Waals surface area contributed by atoms with Crippen molar-refractivity contribution >= 4 is 5.97 Å². The molecule has 2 atom stereocenters. The molecule has 1 aromatic rings. The molecule has 2 rings (SSSR count). The molecule has 0 unspecified atom stereocenters. The van der Waals surface area contributed by atoms with Gasteiger partial charge >= 0.3 is 5.97 Å². The van der Waals surface area contributed by atoms with Gasteiger partial charge in [0, 0.05) is 25.7 Å². The molecule has 1 aliphatic rings. The molecule has 0 spiro atoms. The minimum atomic E-state index is -0.729. The Balaban J connectivity index is 2.06. The van der Waals surface area contributed by atoms with Crippen molar-refractivity contribution in [2.24, 2.45) is 0 Å². The fourth-order valence-corrected chi connectivity index (χ4v) is 2.46.